The Morgan fingerprint density at radius 2 is 2.09 bits per heavy atom. The molecule has 1 heterocycles. The first-order valence-corrected chi connectivity index (χ1v) is 3.61. The second-order valence-electron chi connectivity index (χ2n) is 2.94. The molecule has 0 saturated carbocycles. The van der Waals surface area contributed by atoms with Crippen molar-refractivity contribution in [2.24, 2.45) is 7.05 Å². The Kier molecular flexibility index (Phi) is 2.08. The monoisotopic (exact) mass is 152 g/mol. The van der Waals surface area contributed by atoms with E-state index in [-0.39, 0.29) is 0 Å². The standard InChI is InChI=1S/C8H14N3/c1-7-5-9-8(10(2)3)11(4)6-7/h5-6H,1-4H3/q+1. The zero-order chi connectivity index (χ0) is 8.43. The summed E-state index contributed by atoms with van der Waals surface area (Å²) in [7, 11) is 5.96. The average molecular weight is 152 g/mol. The molecule has 0 amide bonds. The predicted molar refractivity (Wildman–Crippen MR) is 44.5 cm³/mol. The third-order valence-corrected chi connectivity index (χ3v) is 1.50. The van der Waals surface area contributed by atoms with E-state index in [1.54, 1.807) is 0 Å². The summed E-state index contributed by atoms with van der Waals surface area (Å²) in [6.07, 6.45) is 3.93. The first-order chi connectivity index (χ1) is 5.11. The zero-order valence-electron chi connectivity index (χ0n) is 7.50. The SMILES string of the molecule is Cc1cnc(N(C)C)[n+](C)c1. The van der Waals surface area contributed by atoms with Crippen molar-refractivity contribution in [3.8, 4) is 0 Å². The highest BCUT2D eigenvalue weighted by Crippen LogP contribution is 1.97. The van der Waals surface area contributed by atoms with Gasteiger partial charge in [0.15, 0.2) is 0 Å². The minimum Gasteiger partial charge on any atom is -0.267 e. The Bertz CT molecular complexity index is 256. The highest BCUT2D eigenvalue weighted by atomic mass is 15.3. The van der Waals surface area contributed by atoms with E-state index >= 15 is 0 Å². The predicted octanol–water partition coefficient (Wildman–Crippen LogP) is 0.281. The van der Waals surface area contributed by atoms with Crippen LogP contribution in [0.1, 0.15) is 5.56 Å². The summed E-state index contributed by atoms with van der Waals surface area (Å²) in [5.41, 5.74) is 1.18. The van der Waals surface area contributed by atoms with Crippen LogP contribution in [0.15, 0.2) is 12.4 Å². The number of nitrogens with zero attached hydrogens (tertiary/aromatic N) is 3. The molecule has 0 spiro atoms. The van der Waals surface area contributed by atoms with Gasteiger partial charge in [-0.15, -0.1) is 0 Å². The lowest BCUT2D eigenvalue weighted by atomic mass is 10.4. The van der Waals surface area contributed by atoms with Crippen molar-refractivity contribution < 1.29 is 4.57 Å². The van der Waals surface area contributed by atoms with E-state index in [1.165, 1.54) is 5.56 Å². The van der Waals surface area contributed by atoms with Gasteiger partial charge in [-0.2, -0.15) is 0 Å². The molecule has 0 fully saturated rings. The molecule has 1 aromatic rings. The fourth-order valence-electron chi connectivity index (χ4n) is 1.08. The molecule has 3 heteroatoms. The number of hydrogen-bond acceptors (Lipinski definition) is 2. The number of rotatable bonds is 1. The molecule has 0 unspecified atom stereocenters. The fraction of sp³-hybridized carbons (Fsp3) is 0.500. The Balaban J connectivity index is 3.09. The first kappa shape index (κ1) is 7.98. The molecular weight excluding hydrogens is 138 g/mol. The summed E-state index contributed by atoms with van der Waals surface area (Å²) in [6, 6.07) is 0. The molecule has 0 aliphatic heterocycles. The van der Waals surface area contributed by atoms with Gasteiger partial charge in [-0.1, -0.05) is 4.98 Å². The van der Waals surface area contributed by atoms with E-state index in [2.05, 4.69) is 11.2 Å². The minimum atomic E-state index is 0.968. The normalized spacial score (nSPS) is 9.82. The Labute approximate surface area is 67.3 Å². The summed E-state index contributed by atoms with van der Waals surface area (Å²) < 4.78 is 2.01. The van der Waals surface area contributed by atoms with Crippen molar-refractivity contribution in [1.82, 2.24) is 4.98 Å². The van der Waals surface area contributed by atoms with Crippen molar-refractivity contribution in [2.75, 3.05) is 19.0 Å². The topological polar surface area (TPSA) is 20.0 Å². The maximum absolute atomic E-state index is 4.27. The summed E-state index contributed by atoms with van der Waals surface area (Å²) in [4.78, 5) is 6.25. The van der Waals surface area contributed by atoms with Gasteiger partial charge < -0.3 is 0 Å². The Morgan fingerprint density at radius 1 is 1.45 bits per heavy atom. The zero-order valence-corrected chi connectivity index (χ0v) is 7.50. The van der Waals surface area contributed by atoms with Crippen LogP contribution in [0.4, 0.5) is 5.95 Å². The molecule has 0 saturated heterocycles. The molecular formula is C8H14N3+. The Morgan fingerprint density at radius 3 is 2.55 bits per heavy atom. The van der Waals surface area contributed by atoms with Crippen LogP contribution in [0.2, 0.25) is 0 Å². The highest BCUT2D eigenvalue weighted by molar-refractivity contribution is 5.19. The molecule has 0 N–H and O–H groups in total. The fourth-order valence-corrected chi connectivity index (χ4v) is 1.08. The molecule has 0 atom stereocenters. The van der Waals surface area contributed by atoms with Gasteiger partial charge in [0.2, 0.25) is 0 Å². The molecule has 3 nitrogen and oxygen atoms in total. The van der Waals surface area contributed by atoms with Gasteiger partial charge in [0.25, 0.3) is 0 Å². The van der Waals surface area contributed by atoms with Crippen LogP contribution in [0, 0.1) is 6.92 Å². The van der Waals surface area contributed by atoms with Gasteiger partial charge in [-0.25, -0.2) is 4.57 Å². The Hall–Kier alpha value is -1.12. The molecule has 0 aliphatic rings. The lowest BCUT2D eigenvalue weighted by molar-refractivity contribution is -0.661. The maximum atomic E-state index is 4.27. The van der Waals surface area contributed by atoms with Crippen LogP contribution in [0.25, 0.3) is 0 Å². The van der Waals surface area contributed by atoms with Crippen LogP contribution in [0.3, 0.4) is 0 Å². The molecule has 11 heavy (non-hydrogen) atoms. The number of aromatic nitrogens is 2. The van der Waals surface area contributed by atoms with Crippen LogP contribution < -0.4 is 9.47 Å². The van der Waals surface area contributed by atoms with Gasteiger partial charge in [0.05, 0.1) is 27.3 Å². The van der Waals surface area contributed by atoms with Gasteiger partial charge in [0, 0.05) is 5.56 Å². The average Bonchev–Trinajstić information content (AvgIpc) is 1.85. The van der Waals surface area contributed by atoms with Crippen molar-refractivity contribution in [3.05, 3.63) is 18.0 Å². The molecule has 0 bridgehead atoms. The van der Waals surface area contributed by atoms with Crippen molar-refractivity contribution in [3.63, 3.8) is 0 Å². The number of aryl methyl sites for hydroxylation is 2. The van der Waals surface area contributed by atoms with Gasteiger partial charge in [-0.05, 0) is 6.92 Å². The largest absolute Gasteiger partial charge is 0.393 e. The summed E-state index contributed by atoms with van der Waals surface area (Å²) in [5.74, 6) is 0.968. The molecule has 0 radical (unpaired) electrons. The highest BCUT2D eigenvalue weighted by Gasteiger charge is 2.09. The van der Waals surface area contributed by atoms with Gasteiger partial charge in [-0.3, -0.25) is 4.90 Å². The molecule has 0 aliphatic carbocycles. The van der Waals surface area contributed by atoms with Gasteiger partial charge in [0.1, 0.15) is 6.20 Å². The van der Waals surface area contributed by atoms with E-state index in [0.29, 0.717) is 0 Å². The van der Waals surface area contributed by atoms with Crippen molar-refractivity contribution in [2.45, 2.75) is 6.92 Å². The smallest absolute Gasteiger partial charge is 0.267 e. The number of anilines is 1. The van der Waals surface area contributed by atoms with E-state index in [0.717, 1.165) is 5.95 Å². The quantitative estimate of drug-likeness (QED) is 0.539. The molecule has 1 rings (SSSR count). The van der Waals surface area contributed by atoms with E-state index in [4.69, 9.17) is 0 Å². The van der Waals surface area contributed by atoms with Gasteiger partial charge >= 0.3 is 5.95 Å². The van der Waals surface area contributed by atoms with E-state index < -0.39 is 0 Å². The molecule has 0 aromatic carbocycles. The summed E-state index contributed by atoms with van der Waals surface area (Å²) in [6.45, 7) is 2.03. The third kappa shape index (κ3) is 1.67. The van der Waals surface area contributed by atoms with Crippen molar-refractivity contribution >= 4 is 5.95 Å². The summed E-state index contributed by atoms with van der Waals surface area (Å²) in [5, 5.41) is 0. The van der Waals surface area contributed by atoms with Crippen LogP contribution in [-0.2, 0) is 7.05 Å². The van der Waals surface area contributed by atoms with Crippen LogP contribution >= 0.6 is 0 Å². The summed E-state index contributed by atoms with van der Waals surface area (Å²) >= 11 is 0. The van der Waals surface area contributed by atoms with E-state index in [9.17, 15) is 0 Å². The minimum absolute atomic E-state index is 0.968. The van der Waals surface area contributed by atoms with Crippen LogP contribution in [-0.4, -0.2) is 19.1 Å². The lowest BCUT2D eigenvalue weighted by Gasteiger charge is -2.05. The first-order valence-electron chi connectivity index (χ1n) is 3.61. The molecule has 1 aromatic heterocycles. The maximum Gasteiger partial charge on any atom is 0.393 e. The van der Waals surface area contributed by atoms with E-state index in [1.807, 2.05) is 43.7 Å². The van der Waals surface area contributed by atoms with Crippen LogP contribution in [0.5, 0.6) is 0 Å². The third-order valence-electron chi connectivity index (χ3n) is 1.50. The second kappa shape index (κ2) is 2.86. The molecule has 60 valence electrons. The lowest BCUT2D eigenvalue weighted by Crippen LogP contribution is -2.37. The second-order valence-corrected chi connectivity index (χ2v) is 2.94. The van der Waals surface area contributed by atoms with Crippen molar-refractivity contribution in [1.29, 1.82) is 0 Å². The number of hydrogen-bond donors (Lipinski definition) is 0.